The van der Waals surface area contributed by atoms with Crippen molar-refractivity contribution in [3.05, 3.63) is 40.5 Å². The molecule has 0 saturated heterocycles. The number of nitrogens with one attached hydrogen (secondary N) is 1. The molecule has 0 amide bonds. The monoisotopic (exact) mass is 334 g/mol. The highest BCUT2D eigenvalue weighted by molar-refractivity contribution is 7.94. The van der Waals surface area contributed by atoms with Crippen molar-refractivity contribution in [1.29, 1.82) is 0 Å². The first-order valence-corrected chi connectivity index (χ1v) is 7.74. The number of rotatable bonds is 4. The van der Waals surface area contributed by atoms with Gasteiger partial charge >= 0.3 is 5.97 Å². The van der Waals surface area contributed by atoms with Gasteiger partial charge in [-0.25, -0.2) is 27.0 Å². The number of anilines is 1. The Hall–Kier alpha value is -2.07. The van der Waals surface area contributed by atoms with Gasteiger partial charge in [0.25, 0.3) is 10.0 Å². The molecule has 0 aliphatic heterocycles. The van der Waals surface area contributed by atoms with Gasteiger partial charge in [-0.05, 0) is 18.6 Å². The summed E-state index contributed by atoms with van der Waals surface area (Å²) < 4.78 is 52.3. The Morgan fingerprint density at radius 3 is 2.62 bits per heavy atom. The van der Waals surface area contributed by atoms with Gasteiger partial charge in [0, 0.05) is 6.07 Å². The van der Waals surface area contributed by atoms with Gasteiger partial charge in [0.05, 0.1) is 11.2 Å². The molecule has 0 aliphatic rings. The molecule has 6 nitrogen and oxygen atoms in total. The van der Waals surface area contributed by atoms with Crippen molar-refractivity contribution in [1.82, 2.24) is 4.98 Å². The molecule has 0 atom stereocenters. The predicted molar refractivity (Wildman–Crippen MR) is 71.0 cm³/mol. The van der Waals surface area contributed by atoms with Gasteiger partial charge in [-0.2, -0.15) is 0 Å². The third-order valence-corrected chi connectivity index (χ3v) is 5.21. The normalized spacial score (nSPS) is 11.4. The molecule has 2 N–H and O–H groups in total. The zero-order valence-corrected chi connectivity index (χ0v) is 12.1. The number of aromatic nitrogens is 1. The van der Waals surface area contributed by atoms with Crippen LogP contribution in [0.25, 0.3) is 0 Å². The molecule has 0 spiro atoms. The molecular weight excluding hydrogens is 326 g/mol. The molecule has 2 aromatic rings. The van der Waals surface area contributed by atoms with E-state index in [0.29, 0.717) is 17.4 Å². The van der Waals surface area contributed by atoms with Crippen LogP contribution in [0.15, 0.2) is 21.9 Å². The van der Waals surface area contributed by atoms with E-state index in [9.17, 15) is 22.0 Å². The third kappa shape index (κ3) is 3.00. The van der Waals surface area contributed by atoms with Crippen LogP contribution >= 0.6 is 11.3 Å². The highest BCUT2D eigenvalue weighted by Crippen LogP contribution is 2.26. The summed E-state index contributed by atoms with van der Waals surface area (Å²) in [6, 6.07) is 1.52. The van der Waals surface area contributed by atoms with Gasteiger partial charge < -0.3 is 5.11 Å². The molecule has 0 saturated carbocycles. The van der Waals surface area contributed by atoms with Gasteiger partial charge in [0.1, 0.15) is 11.6 Å². The number of nitrogens with zero attached hydrogens (tertiary/aromatic N) is 1. The third-order valence-electron chi connectivity index (χ3n) is 2.47. The van der Waals surface area contributed by atoms with Crippen molar-refractivity contribution in [3.63, 3.8) is 0 Å². The van der Waals surface area contributed by atoms with E-state index in [2.05, 4.69) is 4.98 Å². The van der Waals surface area contributed by atoms with Crippen LogP contribution in [0.2, 0.25) is 0 Å². The lowest BCUT2D eigenvalue weighted by Gasteiger charge is -2.09. The van der Waals surface area contributed by atoms with Crippen LogP contribution in [0, 0.1) is 18.6 Å². The first kappa shape index (κ1) is 15.3. The minimum absolute atomic E-state index is 0.0134. The number of hydrogen-bond donors (Lipinski definition) is 2. The second-order valence-corrected chi connectivity index (χ2v) is 6.71. The summed E-state index contributed by atoms with van der Waals surface area (Å²) in [7, 11) is -4.38. The van der Waals surface area contributed by atoms with E-state index in [1.807, 2.05) is 4.72 Å². The maximum Gasteiger partial charge on any atom is 0.356 e. The Morgan fingerprint density at radius 2 is 2.00 bits per heavy atom. The highest BCUT2D eigenvalue weighted by Gasteiger charge is 2.26. The number of thiazole rings is 1. The topological polar surface area (TPSA) is 96.4 Å². The summed E-state index contributed by atoms with van der Waals surface area (Å²) in [6.07, 6.45) is 0. The lowest BCUT2D eigenvalue weighted by atomic mass is 10.2. The molecule has 0 bridgehead atoms. The molecule has 2 rings (SSSR count). The van der Waals surface area contributed by atoms with E-state index in [4.69, 9.17) is 5.11 Å². The summed E-state index contributed by atoms with van der Waals surface area (Å²) in [5.41, 5.74) is -0.243. The SMILES string of the molecule is Cc1cc(F)c(NS(=O)(=O)c2scnc2C(=O)O)cc1F. The fourth-order valence-corrected chi connectivity index (χ4v) is 3.68. The number of benzene rings is 1. The van der Waals surface area contributed by atoms with Crippen LogP contribution in [0.5, 0.6) is 0 Å². The van der Waals surface area contributed by atoms with E-state index in [1.165, 1.54) is 6.92 Å². The Bertz CT molecular complexity index is 818. The van der Waals surface area contributed by atoms with Crippen molar-refractivity contribution in [2.24, 2.45) is 0 Å². The van der Waals surface area contributed by atoms with E-state index in [0.717, 1.165) is 11.6 Å². The zero-order chi connectivity index (χ0) is 15.8. The average Bonchev–Trinajstić information content (AvgIpc) is 2.85. The van der Waals surface area contributed by atoms with Crippen LogP contribution in [-0.2, 0) is 10.0 Å². The van der Waals surface area contributed by atoms with Crippen molar-refractivity contribution in [3.8, 4) is 0 Å². The molecule has 0 fully saturated rings. The molecule has 0 unspecified atom stereocenters. The average molecular weight is 334 g/mol. The number of carboxylic acid groups (broad SMARTS) is 1. The van der Waals surface area contributed by atoms with E-state index >= 15 is 0 Å². The first-order valence-electron chi connectivity index (χ1n) is 5.37. The quantitative estimate of drug-likeness (QED) is 0.894. The minimum Gasteiger partial charge on any atom is -0.476 e. The number of sulfonamides is 1. The van der Waals surface area contributed by atoms with E-state index < -0.39 is 43.2 Å². The van der Waals surface area contributed by atoms with Crippen molar-refractivity contribution in [2.75, 3.05) is 4.72 Å². The van der Waals surface area contributed by atoms with Crippen molar-refractivity contribution >= 4 is 33.0 Å². The fourth-order valence-electron chi connectivity index (χ4n) is 1.48. The molecule has 1 heterocycles. The van der Waals surface area contributed by atoms with Gasteiger partial charge in [0.2, 0.25) is 0 Å². The van der Waals surface area contributed by atoms with Gasteiger partial charge in [-0.15, -0.1) is 11.3 Å². The molecule has 0 radical (unpaired) electrons. The van der Waals surface area contributed by atoms with Crippen LogP contribution in [0.3, 0.4) is 0 Å². The molecule has 1 aromatic heterocycles. The summed E-state index contributed by atoms with van der Waals surface area (Å²) in [5, 5.41) is 8.84. The summed E-state index contributed by atoms with van der Waals surface area (Å²) in [6.45, 7) is 1.32. The Morgan fingerprint density at radius 1 is 1.33 bits per heavy atom. The van der Waals surface area contributed by atoms with Crippen LogP contribution in [-0.4, -0.2) is 24.5 Å². The molecule has 112 valence electrons. The number of carboxylic acids is 1. The van der Waals surface area contributed by atoms with Crippen molar-refractivity contribution in [2.45, 2.75) is 11.1 Å². The summed E-state index contributed by atoms with van der Waals surface area (Å²) >= 11 is 0.559. The largest absolute Gasteiger partial charge is 0.476 e. The zero-order valence-electron chi connectivity index (χ0n) is 10.4. The van der Waals surface area contributed by atoms with Crippen LogP contribution in [0.1, 0.15) is 16.1 Å². The molecule has 1 aromatic carbocycles. The van der Waals surface area contributed by atoms with E-state index in [-0.39, 0.29) is 5.56 Å². The minimum atomic E-state index is -4.38. The van der Waals surface area contributed by atoms with Crippen molar-refractivity contribution < 1.29 is 27.1 Å². The number of halogens is 2. The smallest absolute Gasteiger partial charge is 0.356 e. The van der Waals surface area contributed by atoms with Crippen LogP contribution < -0.4 is 4.72 Å². The van der Waals surface area contributed by atoms with Crippen LogP contribution in [0.4, 0.5) is 14.5 Å². The van der Waals surface area contributed by atoms with E-state index in [1.54, 1.807) is 0 Å². The highest BCUT2D eigenvalue weighted by atomic mass is 32.2. The summed E-state index contributed by atoms with van der Waals surface area (Å²) in [5.74, 6) is -3.30. The number of aromatic carboxylic acids is 1. The molecule has 10 heteroatoms. The number of carbonyl (C=O) groups is 1. The second-order valence-electron chi connectivity index (χ2n) is 3.98. The lowest BCUT2D eigenvalue weighted by molar-refractivity contribution is 0.0687. The number of aryl methyl sites for hydroxylation is 1. The standard InChI is InChI=1S/C11H8F2N2O4S2/c1-5-2-7(13)8(3-6(5)12)15-21(18,19)11-9(10(16)17)14-4-20-11/h2-4,15H,1H3,(H,16,17). The Balaban J connectivity index is 2.45. The molecule has 0 aliphatic carbocycles. The Kier molecular flexibility index (Phi) is 3.92. The second kappa shape index (κ2) is 5.37. The maximum atomic E-state index is 13.6. The number of hydrogen-bond acceptors (Lipinski definition) is 5. The van der Waals surface area contributed by atoms with Gasteiger partial charge in [-0.3, -0.25) is 4.72 Å². The molecular formula is C11H8F2N2O4S2. The van der Waals surface area contributed by atoms with Gasteiger partial charge in [-0.1, -0.05) is 0 Å². The Labute approximate surface area is 122 Å². The first-order chi connectivity index (χ1) is 9.72. The predicted octanol–water partition coefficient (Wildman–Crippen LogP) is 2.23. The van der Waals surface area contributed by atoms with Gasteiger partial charge in [0.15, 0.2) is 9.90 Å². The molecule has 21 heavy (non-hydrogen) atoms. The summed E-state index contributed by atoms with van der Waals surface area (Å²) in [4.78, 5) is 14.3. The maximum absolute atomic E-state index is 13.6. The fraction of sp³-hybridized carbons (Fsp3) is 0.0909. The lowest BCUT2D eigenvalue weighted by Crippen LogP contribution is -2.16.